The van der Waals surface area contributed by atoms with E-state index in [4.69, 9.17) is 23.2 Å². The van der Waals surface area contributed by atoms with Gasteiger partial charge in [0.1, 0.15) is 0 Å². The second kappa shape index (κ2) is 7.30. The Morgan fingerprint density at radius 2 is 1.90 bits per heavy atom. The van der Waals surface area contributed by atoms with E-state index in [-0.39, 0.29) is 0 Å². The Balaban J connectivity index is 2.30. The summed E-state index contributed by atoms with van der Waals surface area (Å²) < 4.78 is 2.00. The van der Waals surface area contributed by atoms with Gasteiger partial charge in [0.25, 0.3) is 0 Å². The van der Waals surface area contributed by atoms with Gasteiger partial charge in [-0.3, -0.25) is 4.68 Å². The second-order valence-corrected chi connectivity index (χ2v) is 5.99. The molecule has 0 fully saturated rings. The van der Waals surface area contributed by atoms with Crippen molar-refractivity contribution in [2.24, 2.45) is 0 Å². The van der Waals surface area contributed by atoms with Crippen molar-refractivity contribution in [2.75, 3.05) is 13.6 Å². The molecule has 0 amide bonds. The molecule has 1 unspecified atom stereocenters. The molecule has 0 aliphatic rings. The highest BCUT2D eigenvalue weighted by Gasteiger charge is 2.19. The first-order valence-electron chi connectivity index (χ1n) is 7.18. The lowest BCUT2D eigenvalue weighted by molar-refractivity contribution is 0.563. The number of rotatable bonds is 6. The van der Waals surface area contributed by atoms with Crippen molar-refractivity contribution in [3.63, 3.8) is 0 Å². The standard InChI is InChI=1S/C16H21Cl2N3/c1-4-21-15(16(18)11(2)20-21)9-13(10-19-3)12-5-7-14(17)8-6-12/h5-8,13,19H,4,9-10H2,1-3H3. The SMILES string of the molecule is CCn1nc(C)c(Cl)c1CC(CNC)c1ccc(Cl)cc1. The van der Waals surface area contributed by atoms with Crippen LogP contribution in [0.1, 0.15) is 29.8 Å². The third kappa shape index (κ3) is 3.79. The average molecular weight is 326 g/mol. The zero-order valence-corrected chi connectivity index (χ0v) is 14.2. The van der Waals surface area contributed by atoms with Crippen LogP contribution in [-0.4, -0.2) is 23.4 Å². The van der Waals surface area contributed by atoms with Crippen LogP contribution in [0.2, 0.25) is 10.0 Å². The highest BCUT2D eigenvalue weighted by molar-refractivity contribution is 6.31. The van der Waals surface area contributed by atoms with Gasteiger partial charge in [0.2, 0.25) is 0 Å². The Morgan fingerprint density at radius 3 is 2.48 bits per heavy atom. The molecule has 0 spiro atoms. The van der Waals surface area contributed by atoms with Gasteiger partial charge < -0.3 is 5.32 Å². The second-order valence-electron chi connectivity index (χ2n) is 5.17. The first kappa shape index (κ1) is 16.3. The topological polar surface area (TPSA) is 29.9 Å². The van der Waals surface area contributed by atoms with Gasteiger partial charge in [-0.25, -0.2) is 0 Å². The molecule has 0 radical (unpaired) electrons. The largest absolute Gasteiger partial charge is 0.319 e. The molecule has 2 aromatic rings. The zero-order valence-electron chi connectivity index (χ0n) is 12.7. The van der Waals surface area contributed by atoms with Crippen molar-refractivity contribution in [1.82, 2.24) is 15.1 Å². The van der Waals surface area contributed by atoms with Crippen LogP contribution in [0.5, 0.6) is 0 Å². The quantitative estimate of drug-likeness (QED) is 0.867. The van der Waals surface area contributed by atoms with Gasteiger partial charge in [-0.1, -0.05) is 35.3 Å². The predicted molar refractivity (Wildman–Crippen MR) is 89.5 cm³/mol. The maximum atomic E-state index is 6.42. The Morgan fingerprint density at radius 1 is 1.24 bits per heavy atom. The van der Waals surface area contributed by atoms with Crippen LogP contribution in [0.3, 0.4) is 0 Å². The van der Waals surface area contributed by atoms with Crippen molar-refractivity contribution in [2.45, 2.75) is 32.7 Å². The summed E-state index contributed by atoms with van der Waals surface area (Å²) in [5, 5.41) is 9.29. The first-order chi connectivity index (χ1) is 10.1. The molecule has 0 aliphatic heterocycles. The molecule has 3 nitrogen and oxygen atoms in total. The van der Waals surface area contributed by atoms with Crippen LogP contribution in [0.15, 0.2) is 24.3 Å². The highest BCUT2D eigenvalue weighted by atomic mass is 35.5. The summed E-state index contributed by atoms with van der Waals surface area (Å²) in [6.07, 6.45) is 0.857. The lowest BCUT2D eigenvalue weighted by Gasteiger charge is -2.18. The summed E-state index contributed by atoms with van der Waals surface area (Å²) in [6.45, 7) is 5.75. The fourth-order valence-electron chi connectivity index (χ4n) is 2.59. The number of hydrogen-bond donors (Lipinski definition) is 1. The fourth-order valence-corrected chi connectivity index (χ4v) is 2.93. The van der Waals surface area contributed by atoms with Crippen LogP contribution in [0, 0.1) is 6.92 Å². The minimum atomic E-state index is 0.339. The summed E-state index contributed by atoms with van der Waals surface area (Å²) in [5.74, 6) is 0.339. The zero-order chi connectivity index (χ0) is 15.4. The Kier molecular flexibility index (Phi) is 5.68. The summed E-state index contributed by atoms with van der Waals surface area (Å²) in [6, 6.07) is 8.03. The van der Waals surface area contributed by atoms with Crippen LogP contribution < -0.4 is 5.32 Å². The van der Waals surface area contributed by atoms with E-state index < -0.39 is 0 Å². The Labute approximate surface area is 136 Å². The van der Waals surface area contributed by atoms with E-state index in [9.17, 15) is 0 Å². The number of hydrogen-bond acceptors (Lipinski definition) is 2. The first-order valence-corrected chi connectivity index (χ1v) is 7.94. The number of likely N-dealkylation sites (N-methyl/N-ethyl adjacent to an activating group) is 1. The number of nitrogens with one attached hydrogen (secondary N) is 1. The molecular formula is C16H21Cl2N3. The molecule has 2 rings (SSSR count). The fraction of sp³-hybridized carbons (Fsp3) is 0.438. The summed E-state index contributed by atoms with van der Waals surface area (Å²) in [4.78, 5) is 0. The van der Waals surface area contributed by atoms with Gasteiger partial charge in [-0.2, -0.15) is 5.10 Å². The van der Waals surface area contributed by atoms with E-state index in [1.165, 1.54) is 5.56 Å². The third-order valence-electron chi connectivity index (χ3n) is 3.68. The number of benzene rings is 1. The molecule has 0 saturated carbocycles. The predicted octanol–water partition coefficient (Wildman–Crippen LogP) is 4.06. The smallest absolute Gasteiger partial charge is 0.0847 e. The number of halogens is 2. The van der Waals surface area contributed by atoms with Gasteiger partial charge >= 0.3 is 0 Å². The Hall–Kier alpha value is -1.03. The lowest BCUT2D eigenvalue weighted by Crippen LogP contribution is -2.20. The minimum absolute atomic E-state index is 0.339. The van der Waals surface area contributed by atoms with Crippen LogP contribution in [0.4, 0.5) is 0 Å². The van der Waals surface area contributed by atoms with Crippen molar-refractivity contribution in [1.29, 1.82) is 0 Å². The molecule has 21 heavy (non-hydrogen) atoms. The van der Waals surface area contributed by atoms with Crippen molar-refractivity contribution in [3.8, 4) is 0 Å². The van der Waals surface area contributed by atoms with Gasteiger partial charge in [-0.05, 0) is 45.0 Å². The average Bonchev–Trinajstić information content (AvgIpc) is 2.75. The van der Waals surface area contributed by atoms with Gasteiger partial charge in [0.05, 0.1) is 16.4 Å². The van der Waals surface area contributed by atoms with Crippen molar-refractivity contribution >= 4 is 23.2 Å². The normalized spacial score (nSPS) is 12.6. The summed E-state index contributed by atoms with van der Waals surface area (Å²) in [5.41, 5.74) is 3.26. The Bertz CT molecular complexity index is 590. The van der Waals surface area contributed by atoms with E-state index in [2.05, 4.69) is 29.5 Å². The van der Waals surface area contributed by atoms with Crippen LogP contribution in [0.25, 0.3) is 0 Å². The van der Waals surface area contributed by atoms with E-state index in [1.54, 1.807) is 0 Å². The molecule has 1 atom stereocenters. The maximum absolute atomic E-state index is 6.42. The van der Waals surface area contributed by atoms with Crippen molar-refractivity contribution < 1.29 is 0 Å². The molecular weight excluding hydrogens is 305 g/mol. The molecule has 5 heteroatoms. The van der Waals surface area contributed by atoms with Crippen LogP contribution in [-0.2, 0) is 13.0 Å². The maximum Gasteiger partial charge on any atom is 0.0847 e. The molecule has 0 aliphatic carbocycles. The molecule has 114 valence electrons. The molecule has 1 N–H and O–H groups in total. The molecule has 1 heterocycles. The minimum Gasteiger partial charge on any atom is -0.319 e. The molecule has 0 saturated heterocycles. The molecule has 0 bridgehead atoms. The van der Waals surface area contributed by atoms with E-state index >= 15 is 0 Å². The summed E-state index contributed by atoms with van der Waals surface area (Å²) in [7, 11) is 1.97. The van der Waals surface area contributed by atoms with Crippen LogP contribution >= 0.6 is 23.2 Å². The number of aryl methyl sites for hydroxylation is 2. The van der Waals surface area contributed by atoms with E-state index in [0.717, 1.165) is 40.9 Å². The van der Waals surface area contributed by atoms with E-state index in [0.29, 0.717) is 5.92 Å². The third-order valence-corrected chi connectivity index (χ3v) is 4.43. The summed E-state index contributed by atoms with van der Waals surface area (Å²) >= 11 is 12.4. The van der Waals surface area contributed by atoms with Gasteiger partial charge in [0.15, 0.2) is 0 Å². The molecule has 1 aromatic heterocycles. The lowest BCUT2D eigenvalue weighted by atomic mass is 9.94. The molecule has 1 aromatic carbocycles. The van der Waals surface area contributed by atoms with Gasteiger partial charge in [0, 0.05) is 24.0 Å². The van der Waals surface area contributed by atoms with Crippen molar-refractivity contribution in [3.05, 3.63) is 51.3 Å². The highest BCUT2D eigenvalue weighted by Crippen LogP contribution is 2.28. The van der Waals surface area contributed by atoms with E-state index in [1.807, 2.05) is 30.8 Å². The number of nitrogens with zero attached hydrogens (tertiary/aromatic N) is 2. The monoisotopic (exact) mass is 325 g/mol. The van der Waals surface area contributed by atoms with Gasteiger partial charge in [-0.15, -0.1) is 0 Å². The number of aromatic nitrogens is 2.